The zero-order valence-corrected chi connectivity index (χ0v) is 14.5. The maximum atomic E-state index is 12.0. The van der Waals surface area contributed by atoms with Crippen molar-refractivity contribution in [3.63, 3.8) is 0 Å². The number of benzene rings is 1. The van der Waals surface area contributed by atoms with Gasteiger partial charge in [-0.2, -0.15) is 5.10 Å². The van der Waals surface area contributed by atoms with E-state index in [9.17, 15) is 9.59 Å². The van der Waals surface area contributed by atoms with Crippen LogP contribution in [0.2, 0.25) is 0 Å². The zero-order chi connectivity index (χ0) is 17.5. The van der Waals surface area contributed by atoms with Gasteiger partial charge in [-0.05, 0) is 23.9 Å². The van der Waals surface area contributed by atoms with Crippen LogP contribution in [0.1, 0.15) is 17.7 Å². The van der Waals surface area contributed by atoms with Gasteiger partial charge in [-0.15, -0.1) is 11.3 Å². The minimum atomic E-state index is -0.154. The molecule has 0 unspecified atom stereocenters. The fourth-order valence-corrected chi connectivity index (χ4v) is 3.09. The lowest BCUT2D eigenvalue weighted by Gasteiger charge is -2.07. The zero-order valence-electron chi connectivity index (χ0n) is 13.7. The number of aromatic nitrogens is 2. The van der Waals surface area contributed by atoms with E-state index in [1.807, 2.05) is 47.8 Å². The van der Waals surface area contributed by atoms with Gasteiger partial charge in [0.1, 0.15) is 0 Å². The summed E-state index contributed by atoms with van der Waals surface area (Å²) < 4.78 is 1.43. The van der Waals surface area contributed by atoms with E-state index in [2.05, 4.69) is 10.4 Å². The Labute approximate surface area is 150 Å². The van der Waals surface area contributed by atoms with Gasteiger partial charge < -0.3 is 5.32 Å². The van der Waals surface area contributed by atoms with Crippen molar-refractivity contribution in [1.82, 2.24) is 15.1 Å². The van der Waals surface area contributed by atoms with Crippen LogP contribution in [0.25, 0.3) is 11.3 Å². The van der Waals surface area contributed by atoms with Crippen LogP contribution in [0.15, 0.2) is 64.8 Å². The van der Waals surface area contributed by atoms with E-state index in [0.29, 0.717) is 25.9 Å². The Morgan fingerprint density at radius 3 is 2.68 bits per heavy atom. The number of hydrogen-bond donors (Lipinski definition) is 1. The molecule has 0 fully saturated rings. The Kier molecular flexibility index (Phi) is 5.74. The molecular weight excluding hydrogens is 334 g/mol. The molecule has 0 saturated heterocycles. The summed E-state index contributed by atoms with van der Waals surface area (Å²) in [7, 11) is 0. The highest BCUT2D eigenvalue weighted by Crippen LogP contribution is 2.14. The van der Waals surface area contributed by atoms with Crippen molar-refractivity contribution in [2.45, 2.75) is 25.9 Å². The molecule has 2 heterocycles. The third-order valence-corrected chi connectivity index (χ3v) is 4.63. The topological polar surface area (TPSA) is 64.0 Å². The minimum absolute atomic E-state index is 0.0133. The number of nitrogens with one attached hydrogen (secondary N) is 1. The maximum absolute atomic E-state index is 12.0. The number of carbonyl (C=O) groups is 1. The Hall–Kier alpha value is -2.73. The van der Waals surface area contributed by atoms with Crippen LogP contribution in [0, 0.1) is 0 Å². The molecule has 1 aromatic carbocycles. The molecule has 0 atom stereocenters. The molecule has 0 bridgehead atoms. The first-order valence-corrected chi connectivity index (χ1v) is 9.03. The highest BCUT2D eigenvalue weighted by molar-refractivity contribution is 7.09. The van der Waals surface area contributed by atoms with Crippen LogP contribution in [-0.4, -0.2) is 15.7 Å². The fourth-order valence-electron chi connectivity index (χ4n) is 2.45. The summed E-state index contributed by atoms with van der Waals surface area (Å²) in [6, 6.07) is 16.9. The van der Waals surface area contributed by atoms with E-state index < -0.39 is 0 Å². The first kappa shape index (κ1) is 17.1. The third-order valence-electron chi connectivity index (χ3n) is 3.75. The van der Waals surface area contributed by atoms with Crippen molar-refractivity contribution in [2.75, 3.05) is 0 Å². The Morgan fingerprint density at radius 1 is 1.08 bits per heavy atom. The predicted octanol–water partition coefficient (Wildman–Crippen LogP) is 3.07. The van der Waals surface area contributed by atoms with Crippen LogP contribution in [0.4, 0.5) is 0 Å². The van der Waals surface area contributed by atoms with Crippen LogP contribution in [0.3, 0.4) is 0 Å². The lowest BCUT2D eigenvalue weighted by atomic mass is 10.1. The Morgan fingerprint density at radius 2 is 1.92 bits per heavy atom. The summed E-state index contributed by atoms with van der Waals surface area (Å²) in [4.78, 5) is 25.0. The molecule has 6 heteroatoms. The molecule has 1 N–H and O–H groups in total. The smallest absolute Gasteiger partial charge is 0.266 e. The molecule has 128 valence electrons. The molecule has 2 aromatic heterocycles. The largest absolute Gasteiger partial charge is 0.351 e. The number of thiophene rings is 1. The molecule has 3 aromatic rings. The van der Waals surface area contributed by atoms with Crippen LogP contribution >= 0.6 is 11.3 Å². The second-order valence-corrected chi connectivity index (χ2v) is 6.64. The van der Waals surface area contributed by atoms with Crippen molar-refractivity contribution in [2.24, 2.45) is 0 Å². The predicted molar refractivity (Wildman–Crippen MR) is 99.3 cm³/mol. The Bertz CT molecular complexity index is 873. The normalized spacial score (nSPS) is 10.6. The van der Waals surface area contributed by atoms with Gasteiger partial charge in [-0.25, -0.2) is 4.68 Å². The standard InChI is InChI=1S/C19H19N3O2S/c23-18(20-14-16-8-5-13-25-16)9-4-12-22-19(24)11-10-17(21-22)15-6-2-1-3-7-15/h1-3,5-8,10-11,13H,4,9,12,14H2,(H,20,23). The average Bonchev–Trinajstić information content (AvgIpc) is 3.16. The number of rotatable bonds is 7. The summed E-state index contributed by atoms with van der Waals surface area (Å²) in [5, 5.41) is 9.27. The van der Waals surface area contributed by atoms with Crippen molar-refractivity contribution < 1.29 is 4.79 Å². The first-order valence-electron chi connectivity index (χ1n) is 8.15. The summed E-state index contributed by atoms with van der Waals surface area (Å²) in [5.41, 5.74) is 1.56. The van der Waals surface area contributed by atoms with Gasteiger partial charge in [-0.3, -0.25) is 9.59 Å². The molecule has 25 heavy (non-hydrogen) atoms. The Balaban J connectivity index is 1.54. The molecule has 0 saturated carbocycles. The molecule has 1 amide bonds. The van der Waals surface area contributed by atoms with Gasteiger partial charge in [-0.1, -0.05) is 36.4 Å². The van der Waals surface area contributed by atoms with Crippen molar-refractivity contribution >= 4 is 17.2 Å². The number of nitrogens with zero attached hydrogens (tertiary/aromatic N) is 2. The lowest BCUT2D eigenvalue weighted by Crippen LogP contribution is -2.25. The van der Waals surface area contributed by atoms with Crippen molar-refractivity contribution in [1.29, 1.82) is 0 Å². The second-order valence-electron chi connectivity index (χ2n) is 5.61. The molecule has 0 radical (unpaired) electrons. The van der Waals surface area contributed by atoms with Gasteiger partial charge in [0.2, 0.25) is 5.91 Å². The van der Waals surface area contributed by atoms with E-state index in [0.717, 1.165) is 16.1 Å². The van der Waals surface area contributed by atoms with E-state index in [1.54, 1.807) is 17.4 Å². The quantitative estimate of drug-likeness (QED) is 0.710. The molecule has 5 nitrogen and oxygen atoms in total. The molecule has 0 aliphatic carbocycles. The molecule has 3 rings (SSSR count). The van der Waals surface area contributed by atoms with E-state index in [1.165, 1.54) is 10.7 Å². The molecule has 0 aliphatic heterocycles. The van der Waals surface area contributed by atoms with Crippen molar-refractivity contribution in [3.8, 4) is 11.3 Å². The highest BCUT2D eigenvalue weighted by atomic mass is 32.1. The van der Waals surface area contributed by atoms with Crippen LogP contribution in [-0.2, 0) is 17.9 Å². The lowest BCUT2D eigenvalue weighted by molar-refractivity contribution is -0.121. The monoisotopic (exact) mass is 353 g/mol. The van der Waals surface area contributed by atoms with E-state index in [4.69, 9.17) is 0 Å². The summed E-state index contributed by atoms with van der Waals surface area (Å²) in [6.45, 7) is 0.976. The van der Waals surface area contributed by atoms with Gasteiger partial charge in [0.15, 0.2) is 0 Å². The summed E-state index contributed by atoms with van der Waals surface area (Å²) in [6.07, 6.45) is 0.941. The molecule has 0 spiro atoms. The average molecular weight is 353 g/mol. The van der Waals surface area contributed by atoms with Gasteiger partial charge in [0.25, 0.3) is 5.56 Å². The minimum Gasteiger partial charge on any atom is -0.351 e. The van der Waals surface area contributed by atoms with Crippen LogP contribution in [0.5, 0.6) is 0 Å². The highest BCUT2D eigenvalue weighted by Gasteiger charge is 2.05. The van der Waals surface area contributed by atoms with Crippen molar-refractivity contribution in [3.05, 3.63) is 75.2 Å². The van der Waals surface area contributed by atoms with Gasteiger partial charge in [0.05, 0.1) is 12.2 Å². The number of aryl methyl sites for hydroxylation is 1. The summed E-state index contributed by atoms with van der Waals surface area (Å²) in [5.74, 6) is -0.0133. The first-order chi connectivity index (χ1) is 12.2. The number of amides is 1. The maximum Gasteiger partial charge on any atom is 0.266 e. The SMILES string of the molecule is O=C(CCCn1nc(-c2ccccc2)ccc1=O)NCc1cccs1. The van der Waals surface area contributed by atoms with E-state index in [-0.39, 0.29) is 11.5 Å². The van der Waals surface area contributed by atoms with Gasteiger partial charge in [0, 0.05) is 29.5 Å². The van der Waals surface area contributed by atoms with Gasteiger partial charge >= 0.3 is 0 Å². The second kappa shape index (κ2) is 8.39. The van der Waals surface area contributed by atoms with E-state index >= 15 is 0 Å². The van der Waals surface area contributed by atoms with Crippen LogP contribution < -0.4 is 10.9 Å². The summed E-state index contributed by atoms with van der Waals surface area (Å²) >= 11 is 1.62. The number of hydrogen-bond acceptors (Lipinski definition) is 4. The number of carbonyl (C=O) groups excluding carboxylic acids is 1. The molecule has 0 aliphatic rings. The fraction of sp³-hybridized carbons (Fsp3) is 0.211. The third kappa shape index (κ3) is 4.87. The molecular formula is C19H19N3O2S.